The molecule has 152 valence electrons. The molecular formula is C22H31N3O3. The summed E-state index contributed by atoms with van der Waals surface area (Å²) in [5.74, 6) is 0.106. The van der Waals surface area contributed by atoms with Crippen molar-refractivity contribution in [1.82, 2.24) is 14.7 Å². The summed E-state index contributed by atoms with van der Waals surface area (Å²) >= 11 is 0. The number of fused-ring (bicyclic) bond motifs is 1. The lowest BCUT2D eigenvalue weighted by molar-refractivity contribution is 0.0630. The van der Waals surface area contributed by atoms with Gasteiger partial charge in [-0.25, -0.2) is 0 Å². The first kappa shape index (κ1) is 20.5. The average Bonchev–Trinajstić information content (AvgIpc) is 2.94. The van der Waals surface area contributed by atoms with Gasteiger partial charge in [0, 0.05) is 38.3 Å². The van der Waals surface area contributed by atoms with Crippen LogP contribution in [0.2, 0.25) is 0 Å². The Bertz CT molecular complexity index is 751. The van der Waals surface area contributed by atoms with Gasteiger partial charge in [0.1, 0.15) is 0 Å². The second-order valence-corrected chi connectivity index (χ2v) is 8.19. The molecular weight excluding hydrogens is 354 g/mol. The maximum atomic E-state index is 12.9. The molecule has 0 spiro atoms. The molecule has 0 N–H and O–H groups in total. The zero-order valence-corrected chi connectivity index (χ0v) is 17.2. The smallest absolute Gasteiger partial charge is 0.261 e. The summed E-state index contributed by atoms with van der Waals surface area (Å²) in [6, 6.07) is 4.92. The predicted molar refractivity (Wildman–Crippen MR) is 109 cm³/mol. The molecule has 1 aromatic carbocycles. The number of nitrogens with zero attached hydrogens (tertiary/aromatic N) is 3. The Hall–Kier alpha value is -2.21. The monoisotopic (exact) mass is 385 g/mol. The molecule has 2 heterocycles. The Morgan fingerprint density at radius 3 is 2.32 bits per heavy atom. The second kappa shape index (κ2) is 8.86. The molecule has 2 aliphatic rings. The molecule has 0 atom stereocenters. The highest BCUT2D eigenvalue weighted by atomic mass is 16.2. The molecule has 3 amide bonds. The van der Waals surface area contributed by atoms with Crippen LogP contribution in [0, 0.1) is 5.92 Å². The second-order valence-electron chi connectivity index (χ2n) is 8.19. The molecule has 0 bridgehead atoms. The third-order valence-electron chi connectivity index (χ3n) is 5.64. The van der Waals surface area contributed by atoms with Crippen molar-refractivity contribution in [3.8, 4) is 0 Å². The van der Waals surface area contributed by atoms with Gasteiger partial charge in [-0.1, -0.05) is 27.2 Å². The number of piperazine rings is 1. The molecule has 1 aromatic rings. The van der Waals surface area contributed by atoms with Gasteiger partial charge in [0.2, 0.25) is 0 Å². The van der Waals surface area contributed by atoms with E-state index in [1.54, 1.807) is 18.2 Å². The number of hydrogen-bond acceptors (Lipinski definition) is 4. The summed E-state index contributed by atoms with van der Waals surface area (Å²) < 4.78 is 0. The van der Waals surface area contributed by atoms with Gasteiger partial charge >= 0.3 is 0 Å². The molecule has 0 aliphatic carbocycles. The Labute approximate surface area is 167 Å². The van der Waals surface area contributed by atoms with Crippen molar-refractivity contribution in [3.05, 3.63) is 34.9 Å². The normalized spacial score (nSPS) is 17.6. The summed E-state index contributed by atoms with van der Waals surface area (Å²) in [6.07, 6.45) is 2.88. The van der Waals surface area contributed by atoms with Crippen molar-refractivity contribution < 1.29 is 14.4 Å². The first-order chi connectivity index (χ1) is 13.4. The average molecular weight is 386 g/mol. The lowest BCUT2D eigenvalue weighted by Gasteiger charge is -2.35. The maximum Gasteiger partial charge on any atom is 0.261 e. The number of unbranched alkanes of at least 4 members (excludes halogenated alkanes) is 1. The molecule has 6 nitrogen and oxygen atoms in total. The molecule has 3 rings (SSSR count). The van der Waals surface area contributed by atoms with Gasteiger partial charge < -0.3 is 4.90 Å². The van der Waals surface area contributed by atoms with Crippen molar-refractivity contribution in [2.24, 2.45) is 5.92 Å². The van der Waals surface area contributed by atoms with Crippen LogP contribution >= 0.6 is 0 Å². The quantitative estimate of drug-likeness (QED) is 0.677. The standard InChI is InChI=1S/C22H31N3O3/c1-4-5-9-25-21(27)18-7-6-17(15-19(18)22(25)28)20(26)24-13-11-23(12-14-24)10-8-16(2)3/h6-7,15-16H,4-5,8-14H2,1-3H3. The van der Waals surface area contributed by atoms with Crippen molar-refractivity contribution in [1.29, 1.82) is 0 Å². The van der Waals surface area contributed by atoms with Gasteiger partial charge in [-0.05, 0) is 43.5 Å². The molecule has 0 unspecified atom stereocenters. The lowest BCUT2D eigenvalue weighted by atomic mass is 10.0. The van der Waals surface area contributed by atoms with Gasteiger partial charge in [0.15, 0.2) is 0 Å². The summed E-state index contributed by atoms with van der Waals surface area (Å²) in [5, 5.41) is 0. The Balaban J connectivity index is 1.65. The highest BCUT2D eigenvalue weighted by Gasteiger charge is 2.36. The molecule has 28 heavy (non-hydrogen) atoms. The van der Waals surface area contributed by atoms with E-state index >= 15 is 0 Å². The number of amides is 3. The zero-order chi connectivity index (χ0) is 20.3. The fourth-order valence-electron chi connectivity index (χ4n) is 3.74. The number of imide groups is 1. The van der Waals surface area contributed by atoms with E-state index in [1.807, 2.05) is 11.8 Å². The number of benzene rings is 1. The molecule has 1 fully saturated rings. The minimum Gasteiger partial charge on any atom is -0.336 e. The fourth-order valence-corrected chi connectivity index (χ4v) is 3.74. The van der Waals surface area contributed by atoms with E-state index < -0.39 is 0 Å². The Morgan fingerprint density at radius 1 is 1.00 bits per heavy atom. The molecule has 1 saturated heterocycles. The van der Waals surface area contributed by atoms with Gasteiger partial charge in [-0.15, -0.1) is 0 Å². The highest BCUT2D eigenvalue weighted by Crippen LogP contribution is 2.25. The van der Waals surface area contributed by atoms with E-state index in [4.69, 9.17) is 0 Å². The molecule has 0 aromatic heterocycles. The summed E-state index contributed by atoms with van der Waals surface area (Å²) in [4.78, 5) is 43.5. The summed E-state index contributed by atoms with van der Waals surface area (Å²) in [6.45, 7) is 11.1. The lowest BCUT2D eigenvalue weighted by Crippen LogP contribution is -2.49. The predicted octanol–water partition coefficient (Wildman–Crippen LogP) is 2.89. The topological polar surface area (TPSA) is 60.9 Å². The van der Waals surface area contributed by atoms with Gasteiger partial charge in [0.25, 0.3) is 17.7 Å². The third-order valence-corrected chi connectivity index (χ3v) is 5.64. The van der Waals surface area contributed by atoms with Crippen LogP contribution < -0.4 is 0 Å². The van der Waals surface area contributed by atoms with Gasteiger partial charge in [-0.3, -0.25) is 24.2 Å². The molecule has 6 heteroatoms. The first-order valence-corrected chi connectivity index (χ1v) is 10.4. The van der Waals surface area contributed by atoms with E-state index in [0.29, 0.717) is 42.2 Å². The van der Waals surface area contributed by atoms with Crippen molar-refractivity contribution in [3.63, 3.8) is 0 Å². The van der Waals surface area contributed by atoms with Crippen LogP contribution in [0.25, 0.3) is 0 Å². The van der Waals surface area contributed by atoms with E-state index in [0.717, 1.165) is 32.5 Å². The number of hydrogen-bond donors (Lipinski definition) is 0. The SMILES string of the molecule is CCCCN1C(=O)c2ccc(C(=O)N3CCN(CCC(C)C)CC3)cc2C1=O. The van der Waals surface area contributed by atoms with Crippen molar-refractivity contribution >= 4 is 17.7 Å². The van der Waals surface area contributed by atoms with Gasteiger partial charge in [0.05, 0.1) is 11.1 Å². The van der Waals surface area contributed by atoms with Crippen LogP contribution in [-0.4, -0.2) is 71.7 Å². The van der Waals surface area contributed by atoms with Crippen LogP contribution in [0.4, 0.5) is 0 Å². The van der Waals surface area contributed by atoms with Crippen LogP contribution in [0.15, 0.2) is 18.2 Å². The Kier molecular flexibility index (Phi) is 6.50. The first-order valence-electron chi connectivity index (χ1n) is 10.4. The zero-order valence-electron chi connectivity index (χ0n) is 17.2. The van der Waals surface area contributed by atoms with Crippen molar-refractivity contribution in [2.45, 2.75) is 40.0 Å². The van der Waals surface area contributed by atoms with Crippen LogP contribution in [0.1, 0.15) is 71.1 Å². The largest absolute Gasteiger partial charge is 0.336 e. The van der Waals surface area contributed by atoms with E-state index in [9.17, 15) is 14.4 Å². The van der Waals surface area contributed by atoms with Crippen molar-refractivity contribution in [2.75, 3.05) is 39.3 Å². The Morgan fingerprint density at radius 2 is 1.68 bits per heavy atom. The van der Waals surface area contributed by atoms with Crippen LogP contribution in [0.3, 0.4) is 0 Å². The van der Waals surface area contributed by atoms with Crippen LogP contribution in [-0.2, 0) is 0 Å². The maximum absolute atomic E-state index is 12.9. The van der Waals surface area contributed by atoms with Gasteiger partial charge in [-0.2, -0.15) is 0 Å². The molecule has 0 saturated carbocycles. The van der Waals surface area contributed by atoms with Crippen LogP contribution in [0.5, 0.6) is 0 Å². The highest BCUT2D eigenvalue weighted by molar-refractivity contribution is 6.22. The molecule has 0 radical (unpaired) electrons. The number of carbonyl (C=O) groups is 3. The molecule has 2 aliphatic heterocycles. The van der Waals surface area contributed by atoms with E-state index in [2.05, 4.69) is 18.7 Å². The number of carbonyl (C=O) groups excluding carboxylic acids is 3. The fraction of sp³-hybridized carbons (Fsp3) is 0.591. The third kappa shape index (κ3) is 4.27. The summed E-state index contributed by atoms with van der Waals surface area (Å²) in [7, 11) is 0. The minimum absolute atomic E-state index is 0.0569. The number of rotatable bonds is 7. The van der Waals surface area contributed by atoms with E-state index in [-0.39, 0.29) is 17.7 Å². The minimum atomic E-state index is -0.276. The summed E-state index contributed by atoms with van der Waals surface area (Å²) in [5.41, 5.74) is 1.27. The van der Waals surface area contributed by atoms with E-state index in [1.165, 1.54) is 11.3 Å².